The minimum Gasteiger partial charge on any atom is -0.481 e. The molecule has 1 saturated heterocycles. The molecule has 0 aromatic carbocycles. The summed E-state index contributed by atoms with van der Waals surface area (Å²) in [7, 11) is 1.36. The van der Waals surface area contributed by atoms with Crippen molar-refractivity contribution in [2.75, 3.05) is 13.6 Å². The Hall–Kier alpha value is -2.32. The average Bonchev–Trinajstić information content (AvgIpc) is 2.35. The van der Waals surface area contributed by atoms with Crippen LogP contribution >= 0.6 is 0 Å². The number of hydrogen-bond donors (Lipinski definition) is 3. The second kappa shape index (κ2) is 6.63. The van der Waals surface area contributed by atoms with Gasteiger partial charge in [-0.25, -0.2) is 4.79 Å². The Balaban J connectivity index is 2.60. The Morgan fingerprint density at radius 1 is 1.36 bits per heavy atom. The zero-order chi connectivity index (χ0) is 17.1. The zero-order valence-corrected chi connectivity index (χ0v) is 13.0. The topological polar surface area (TPSA) is 125 Å². The van der Waals surface area contributed by atoms with Crippen LogP contribution in [0.2, 0.25) is 0 Å². The first-order chi connectivity index (χ1) is 10.0. The van der Waals surface area contributed by atoms with Gasteiger partial charge in [0.25, 0.3) is 0 Å². The van der Waals surface area contributed by atoms with Crippen molar-refractivity contribution in [1.82, 2.24) is 15.5 Å². The molecule has 2 atom stereocenters. The van der Waals surface area contributed by atoms with Gasteiger partial charge in [0.1, 0.15) is 17.7 Å². The predicted octanol–water partition coefficient (Wildman–Crippen LogP) is -0.689. The number of carboxylic acids is 1. The van der Waals surface area contributed by atoms with E-state index in [9.17, 15) is 19.2 Å². The van der Waals surface area contributed by atoms with Crippen molar-refractivity contribution in [2.24, 2.45) is 0 Å². The standard InChI is InChI=1S/C13H21N3O6/c1-13(2,3)22-12(21)14-6-7-11(20)16(4)8(5-9(17)18)10(19)15-7/h7-8H,5-6H2,1-4H3,(H,14,21)(H,15,19)(H,17,18)/t7-,8-/m0/s1. The van der Waals surface area contributed by atoms with Crippen LogP contribution in [-0.2, 0) is 19.1 Å². The van der Waals surface area contributed by atoms with Crippen LogP contribution in [0, 0.1) is 0 Å². The minimum atomic E-state index is -1.18. The van der Waals surface area contributed by atoms with E-state index < -0.39 is 48.0 Å². The van der Waals surface area contributed by atoms with E-state index in [0.29, 0.717) is 0 Å². The van der Waals surface area contributed by atoms with E-state index in [0.717, 1.165) is 4.90 Å². The number of ether oxygens (including phenoxy) is 1. The van der Waals surface area contributed by atoms with Crippen molar-refractivity contribution in [3.63, 3.8) is 0 Å². The molecule has 124 valence electrons. The molecule has 3 amide bonds. The number of amides is 3. The summed E-state index contributed by atoms with van der Waals surface area (Å²) < 4.78 is 5.03. The van der Waals surface area contributed by atoms with Crippen LogP contribution in [0.15, 0.2) is 0 Å². The maximum Gasteiger partial charge on any atom is 0.407 e. The highest BCUT2D eigenvalue weighted by atomic mass is 16.6. The Morgan fingerprint density at radius 3 is 2.45 bits per heavy atom. The third-order valence-corrected chi connectivity index (χ3v) is 2.95. The second-order valence-electron chi connectivity index (χ2n) is 6.01. The fourth-order valence-corrected chi connectivity index (χ4v) is 1.94. The van der Waals surface area contributed by atoms with Crippen molar-refractivity contribution in [3.05, 3.63) is 0 Å². The van der Waals surface area contributed by atoms with Crippen molar-refractivity contribution in [3.8, 4) is 0 Å². The van der Waals surface area contributed by atoms with Crippen LogP contribution in [0.3, 0.4) is 0 Å². The Morgan fingerprint density at radius 2 is 1.95 bits per heavy atom. The number of carboxylic acid groups (broad SMARTS) is 1. The van der Waals surface area contributed by atoms with Crippen molar-refractivity contribution in [2.45, 2.75) is 44.9 Å². The largest absolute Gasteiger partial charge is 0.481 e. The first-order valence-corrected chi connectivity index (χ1v) is 6.77. The lowest BCUT2D eigenvalue weighted by Gasteiger charge is -2.35. The molecule has 0 radical (unpaired) electrons. The van der Waals surface area contributed by atoms with Crippen LogP contribution in [0.4, 0.5) is 4.79 Å². The molecule has 22 heavy (non-hydrogen) atoms. The molecule has 0 saturated carbocycles. The van der Waals surface area contributed by atoms with Crippen LogP contribution in [0.1, 0.15) is 27.2 Å². The molecule has 0 aliphatic carbocycles. The van der Waals surface area contributed by atoms with E-state index in [4.69, 9.17) is 9.84 Å². The average molecular weight is 315 g/mol. The zero-order valence-electron chi connectivity index (χ0n) is 13.0. The fraction of sp³-hybridized carbons (Fsp3) is 0.692. The van der Waals surface area contributed by atoms with Gasteiger partial charge in [-0.15, -0.1) is 0 Å². The summed E-state index contributed by atoms with van der Waals surface area (Å²) >= 11 is 0. The highest BCUT2D eigenvalue weighted by Crippen LogP contribution is 2.11. The fourth-order valence-electron chi connectivity index (χ4n) is 1.94. The third kappa shape index (κ3) is 4.90. The molecule has 0 spiro atoms. The van der Waals surface area contributed by atoms with Gasteiger partial charge in [-0.3, -0.25) is 14.4 Å². The minimum absolute atomic E-state index is 0.135. The molecule has 9 nitrogen and oxygen atoms in total. The number of hydrogen-bond acceptors (Lipinski definition) is 5. The van der Waals surface area contributed by atoms with Crippen LogP contribution < -0.4 is 10.6 Å². The SMILES string of the molecule is CN1C(=O)[C@H](CNC(=O)OC(C)(C)C)NC(=O)[C@@H]1CC(=O)O. The van der Waals surface area contributed by atoms with Gasteiger partial charge in [0.15, 0.2) is 0 Å². The van der Waals surface area contributed by atoms with Gasteiger partial charge in [-0.1, -0.05) is 0 Å². The van der Waals surface area contributed by atoms with Crippen molar-refractivity contribution < 1.29 is 29.0 Å². The molecule has 1 fully saturated rings. The van der Waals surface area contributed by atoms with Gasteiger partial charge in [-0.2, -0.15) is 0 Å². The van der Waals surface area contributed by atoms with Crippen molar-refractivity contribution >= 4 is 23.9 Å². The van der Waals surface area contributed by atoms with E-state index in [1.165, 1.54) is 7.05 Å². The normalized spacial score (nSPS) is 22.1. The van der Waals surface area contributed by atoms with Gasteiger partial charge < -0.3 is 25.4 Å². The number of piperazine rings is 1. The molecule has 9 heteroatoms. The lowest BCUT2D eigenvalue weighted by atomic mass is 10.1. The summed E-state index contributed by atoms with van der Waals surface area (Å²) in [6, 6.07) is -2.00. The molecular formula is C13H21N3O6. The lowest BCUT2D eigenvalue weighted by Crippen LogP contribution is -2.65. The molecule has 0 unspecified atom stereocenters. The molecule has 3 N–H and O–H groups in total. The number of aliphatic carboxylic acids is 1. The maximum absolute atomic E-state index is 12.1. The van der Waals surface area contributed by atoms with Crippen LogP contribution in [-0.4, -0.2) is 65.2 Å². The Kier molecular flexibility index (Phi) is 5.34. The number of carbonyl (C=O) groups is 4. The smallest absolute Gasteiger partial charge is 0.407 e. The highest BCUT2D eigenvalue weighted by Gasteiger charge is 2.39. The van der Waals surface area contributed by atoms with E-state index in [2.05, 4.69) is 10.6 Å². The number of alkyl carbamates (subject to hydrolysis) is 1. The third-order valence-electron chi connectivity index (χ3n) is 2.95. The summed E-state index contributed by atoms with van der Waals surface area (Å²) in [4.78, 5) is 47.3. The van der Waals surface area contributed by atoms with Gasteiger partial charge in [0.05, 0.1) is 13.0 Å². The van der Waals surface area contributed by atoms with Gasteiger partial charge in [-0.05, 0) is 20.8 Å². The molecule has 1 heterocycles. The molecular weight excluding hydrogens is 294 g/mol. The van der Waals surface area contributed by atoms with Gasteiger partial charge in [0.2, 0.25) is 11.8 Å². The number of nitrogens with zero attached hydrogens (tertiary/aromatic N) is 1. The predicted molar refractivity (Wildman–Crippen MR) is 75.0 cm³/mol. The molecule has 0 aromatic heterocycles. The van der Waals surface area contributed by atoms with E-state index in [1.54, 1.807) is 20.8 Å². The Bertz CT molecular complexity index is 485. The number of nitrogens with one attached hydrogen (secondary N) is 2. The molecule has 0 aromatic rings. The monoisotopic (exact) mass is 315 g/mol. The first-order valence-electron chi connectivity index (χ1n) is 6.77. The number of carbonyl (C=O) groups excluding carboxylic acids is 3. The summed E-state index contributed by atoms with van der Waals surface area (Å²) in [6.07, 6.45) is -1.18. The Labute approximate surface area is 128 Å². The highest BCUT2D eigenvalue weighted by molar-refractivity contribution is 5.98. The number of likely N-dealkylation sites (N-methyl/N-ethyl adjacent to an activating group) is 1. The molecule has 0 bridgehead atoms. The first kappa shape index (κ1) is 17.7. The number of rotatable bonds is 4. The second-order valence-corrected chi connectivity index (χ2v) is 6.01. The van der Waals surface area contributed by atoms with Gasteiger partial charge >= 0.3 is 12.1 Å². The molecule has 1 rings (SSSR count). The molecule has 1 aliphatic heterocycles. The maximum atomic E-state index is 12.1. The summed E-state index contributed by atoms with van der Waals surface area (Å²) in [5.74, 6) is -2.22. The van der Waals surface area contributed by atoms with Crippen molar-refractivity contribution in [1.29, 1.82) is 0 Å². The summed E-state index contributed by atoms with van der Waals surface area (Å²) in [6.45, 7) is 4.96. The van der Waals surface area contributed by atoms with Crippen LogP contribution in [0.5, 0.6) is 0 Å². The van der Waals surface area contributed by atoms with E-state index in [-0.39, 0.29) is 6.54 Å². The summed E-state index contributed by atoms with van der Waals surface area (Å²) in [5, 5.41) is 13.5. The van der Waals surface area contributed by atoms with E-state index >= 15 is 0 Å². The van der Waals surface area contributed by atoms with Gasteiger partial charge in [0, 0.05) is 7.05 Å². The quantitative estimate of drug-likeness (QED) is 0.630. The van der Waals surface area contributed by atoms with E-state index in [1.807, 2.05) is 0 Å². The van der Waals surface area contributed by atoms with Crippen LogP contribution in [0.25, 0.3) is 0 Å². The summed E-state index contributed by atoms with van der Waals surface area (Å²) in [5.41, 5.74) is -0.673. The molecule has 1 aliphatic rings. The lowest BCUT2D eigenvalue weighted by molar-refractivity contribution is -0.151.